The van der Waals surface area contributed by atoms with Gasteiger partial charge in [-0.15, -0.1) is 0 Å². The Morgan fingerprint density at radius 3 is 3.12 bits per heavy atom. The molecule has 0 bridgehead atoms. The predicted molar refractivity (Wildman–Crippen MR) is 90.2 cm³/mol. The van der Waals surface area contributed by atoms with Crippen LogP contribution in [0.15, 0.2) is 41.2 Å². The van der Waals surface area contributed by atoms with Gasteiger partial charge in [0.15, 0.2) is 5.82 Å². The zero-order chi connectivity index (χ0) is 17.9. The Kier molecular flexibility index (Phi) is 4.32. The summed E-state index contributed by atoms with van der Waals surface area (Å²) in [6.45, 7) is 0.837. The van der Waals surface area contributed by atoms with E-state index in [1.54, 1.807) is 31.6 Å². The summed E-state index contributed by atoms with van der Waals surface area (Å²) < 4.78 is 15.7. The fraction of sp³-hybridized carbons (Fsp3) is 0.222. The van der Waals surface area contributed by atoms with Crippen molar-refractivity contribution in [2.24, 2.45) is 0 Å². The first-order chi connectivity index (χ1) is 12.7. The van der Waals surface area contributed by atoms with Crippen LogP contribution in [-0.4, -0.2) is 28.1 Å². The first-order valence-electron chi connectivity index (χ1n) is 8.03. The van der Waals surface area contributed by atoms with Gasteiger partial charge >= 0.3 is 0 Å². The van der Waals surface area contributed by atoms with Gasteiger partial charge < -0.3 is 19.3 Å². The topological polar surface area (TPSA) is 99.4 Å². The summed E-state index contributed by atoms with van der Waals surface area (Å²) in [4.78, 5) is 20.6. The third-order valence-electron chi connectivity index (χ3n) is 4.00. The molecule has 0 saturated heterocycles. The normalized spacial score (nSPS) is 12.0. The number of fused-ring (bicyclic) bond motifs is 3. The summed E-state index contributed by atoms with van der Waals surface area (Å²) in [7, 11) is 1.55. The summed E-state index contributed by atoms with van der Waals surface area (Å²) in [5.41, 5.74) is 3.55. The average Bonchev–Trinajstić information content (AvgIpc) is 3.13. The molecule has 1 N–H and O–H groups in total. The molecule has 1 aromatic carbocycles. The van der Waals surface area contributed by atoms with E-state index in [2.05, 4.69) is 20.4 Å². The van der Waals surface area contributed by atoms with Gasteiger partial charge in [-0.1, -0.05) is 5.16 Å². The highest BCUT2D eigenvalue weighted by atomic mass is 16.5. The highest BCUT2D eigenvalue weighted by molar-refractivity contribution is 5.95. The van der Waals surface area contributed by atoms with Gasteiger partial charge in [-0.25, -0.2) is 0 Å². The van der Waals surface area contributed by atoms with Gasteiger partial charge in [0, 0.05) is 36.2 Å². The molecule has 3 heterocycles. The minimum absolute atomic E-state index is 0.141. The smallest absolute Gasteiger partial charge is 0.251 e. The van der Waals surface area contributed by atoms with E-state index in [1.807, 2.05) is 12.1 Å². The Balaban J connectivity index is 1.47. The van der Waals surface area contributed by atoms with Crippen LogP contribution in [0.3, 0.4) is 0 Å². The lowest BCUT2D eigenvalue weighted by Crippen LogP contribution is -2.23. The second kappa shape index (κ2) is 6.93. The summed E-state index contributed by atoms with van der Waals surface area (Å²) >= 11 is 0. The van der Waals surface area contributed by atoms with Gasteiger partial charge in [0.25, 0.3) is 5.91 Å². The molecule has 132 valence electrons. The number of aromatic nitrogens is 3. The molecule has 2 aromatic heterocycles. The van der Waals surface area contributed by atoms with Gasteiger partial charge in [0.05, 0.1) is 6.54 Å². The highest BCUT2D eigenvalue weighted by Gasteiger charge is 2.19. The number of benzene rings is 1. The van der Waals surface area contributed by atoms with Crippen LogP contribution < -0.4 is 10.1 Å². The van der Waals surface area contributed by atoms with Crippen LogP contribution in [0, 0.1) is 0 Å². The first kappa shape index (κ1) is 16.2. The van der Waals surface area contributed by atoms with E-state index >= 15 is 0 Å². The van der Waals surface area contributed by atoms with Crippen molar-refractivity contribution in [1.82, 2.24) is 20.4 Å². The van der Waals surface area contributed by atoms with Crippen LogP contribution >= 0.6 is 0 Å². The highest BCUT2D eigenvalue weighted by Crippen LogP contribution is 2.37. The van der Waals surface area contributed by atoms with E-state index in [0.29, 0.717) is 29.6 Å². The van der Waals surface area contributed by atoms with E-state index in [9.17, 15) is 4.79 Å². The zero-order valence-corrected chi connectivity index (χ0v) is 14.1. The number of ether oxygens (including phenoxy) is 2. The lowest BCUT2D eigenvalue weighted by Gasteiger charge is -2.20. The number of pyridine rings is 1. The number of methoxy groups -OCH3 is 1. The molecule has 26 heavy (non-hydrogen) atoms. The van der Waals surface area contributed by atoms with Gasteiger partial charge in [-0.2, -0.15) is 4.98 Å². The maximum absolute atomic E-state index is 12.4. The predicted octanol–water partition coefficient (Wildman–Crippen LogP) is 2.10. The van der Waals surface area contributed by atoms with Crippen LogP contribution in [0.25, 0.3) is 11.1 Å². The van der Waals surface area contributed by atoms with Crippen molar-refractivity contribution < 1.29 is 18.8 Å². The van der Waals surface area contributed by atoms with E-state index in [0.717, 1.165) is 16.7 Å². The van der Waals surface area contributed by atoms with E-state index in [4.69, 9.17) is 14.0 Å². The number of hydrogen-bond acceptors (Lipinski definition) is 7. The maximum atomic E-state index is 12.4. The molecule has 3 aromatic rings. The molecule has 1 aliphatic rings. The SMILES string of the molecule is COCc1noc(CNC(=O)c2ccc3c(c2)OCc2cnccc2-3)n1. The zero-order valence-electron chi connectivity index (χ0n) is 14.1. The van der Waals surface area contributed by atoms with Crippen molar-refractivity contribution in [2.45, 2.75) is 19.8 Å². The van der Waals surface area contributed by atoms with Crippen molar-refractivity contribution in [1.29, 1.82) is 0 Å². The number of amides is 1. The third-order valence-corrected chi connectivity index (χ3v) is 4.00. The monoisotopic (exact) mass is 352 g/mol. The summed E-state index contributed by atoms with van der Waals surface area (Å²) in [6.07, 6.45) is 3.54. The van der Waals surface area contributed by atoms with Crippen molar-refractivity contribution in [2.75, 3.05) is 7.11 Å². The lowest BCUT2D eigenvalue weighted by atomic mass is 9.97. The van der Waals surface area contributed by atoms with Crippen molar-refractivity contribution in [3.63, 3.8) is 0 Å². The Hall–Kier alpha value is -3.26. The van der Waals surface area contributed by atoms with E-state index in [-0.39, 0.29) is 19.1 Å². The molecule has 1 aliphatic heterocycles. The molecule has 0 aliphatic carbocycles. The van der Waals surface area contributed by atoms with Gasteiger partial charge in [0.1, 0.15) is 19.0 Å². The summed E-state index contributed by atoms with van der Waals surface area (Å²) in [5.74, 6) is 1.19. The number of hydrogen-bond donors (Lipinski definition) is 1. The van der Waals surface area contributed by atoms with Crippen LogP contribution in [-0.2, 0) is 24.5 Å². The van der Waals surface area contributed by atoms with Crippen LogP contribution in [0.5, 0.6) is 5.75 Å². The fourth-order valence-electron chi connectivity index (χ4n) is 2.77. The minimum Gasteiger partial charge on any atom is -0.488 e. The Labute approximate surface area is 149 Å². The molecule has 1 amide bonds. The molecule has 0 radical (unpaired) electrons. The van der Waals surface area contributed by atoms with E-state index in [1.165, 1.54) is 0 Å². The Morgan fingerprint density at radius 2 is 2.23 bits per heavy atom. The second-order valence-electron chi connectivity index (χ2n) is 5.75. The number of rotatable bonds is 5. The molecular weight excluding hydrogens is 336 g/mol. The fourth-order valence-corrected chi connectivity index (χ4v) is 2.77. The number of carbonyl (C=O) groups excluding carboxylic acids is 1. The first-order valence-corrected chi connectivity index (χ1v) is 8.03. The lowest BCUT2D eigenvalue weighted by molar-refractivity contribution is 0.0945. The van der Waals surface area contributed by atoms with Gasteiger partial charge in [-0.05, 0) is 29.8 Å². The molecule has 4 rings (SSSR count). The summed E-state index contributed by atoms with van der Waals surface area (Å²) in [5, 5.41) is 6.50. The molecule has 8 nitrogen and oxygen atoms in total. The number of nitrogens with one attached hydrogen (secondary N) is 1. The molecular formula is C18H16N4O4. The average molecular weight is 352 g/mol. The van der Waals surface area contributed by atoms with Gasteiger partial charge in [-0.3, -0.25) is 9.78 Å². The Morgan fingerprint density at radius 1 is 1.31 bits per heavy atom. The molecule has 0 unspecified atom stereocenters. The largest absolute Gasteiger partial charge is 0.488 e. The van der Waals surface area contributed by atoms with Crippen LogP contribution in [0.4, 0.5) is 0 Å². The quantitative estimate of drug-likeness (QED) is 0.750. The van der Waals surface area contributed by atoms with Crippen LogP contribution in [0.2, 0.25) is 0 Å². The Bertz CT molecular complexity index is 954. The molecule has 0 spiro atoms. The second-order valence-corrected chi connectivity index (χ2v) is 5.75. The maximum Gasteiger partial charge on any atom is 0.251 e. The van der Waals surface area contributed by atoms with E-state index < -0.39 is 0 Å². The van der Waals surface area contributed by atoms with Gasteiger partial charge in [0.2, 0.25) is 5.89 Å². The van der Waals surface area contributed by atoms with Crippen molar-refractivity contribution in [3.8, 4) is 16.9 Å². The molecule has 0 fully saturated rings. The van der Waals surface area contributed by atoms with Crippen LogP contribution in [0.1, 0.15) is 27.6 Å². The molecule has 8 heteroatoms. The molecule has 0 atom stereocenters. The number of nitrogens with zero attached hydrogens (tertiary/aromatic N) is 3. The number of carbonyl (C=O) groups is 1. The summed E-state index contributed by atoms with van der Waals surface area (Å²) in [6, 6.07) is 7.32. The molecule has 0 saturated carbocycles. The minimum atomic E-state index is -0.247. The third kappa shape index (κ3) is 3.14. The van der Waals surface area contributed by atoms with Crippen molar-refractivity contribution >= 4 is 5.91 Å². The standard InChI is InChI=1S/C18H16N4O4/c1-24-10-16-21-17(26-22-16)8-20-18(23)11-2-3-14-13-4-5-19-7-12(13)9-25-15(14)6-11/h2-7H,8-10H2,1H3,(H,20,23). The van der Waals surface area contributed by atoms with Crippen molar-refractivity contribution in [3.05, 3.63) is 59.5 Å².